The van der Waals surface area contributed by atoms with Crippen LogP contribution in [0.1, 0.15) is 0 Å². The minimum absolute atomic E-state index is 0.603. The predicted octanol–water partition coefficient (Wildman–Crippen LogP) is 5.12. The van der Waals surface area contributed by atoms with Gasteiger partial charge in [0, 0.05) is 34.1 Å². The van der Waals surface area contributed by atoms with Gasteiger partial charge in [-0.1, -0.05) is 53.5 Å². The molecule has 20 heavy (non-hydrogen) atoms. The molecule has 0 aliphatic heterocycles. The molecule has 0 radical (unpaired) electrons. The number of aromatic nitrogens is 2. The van der Waals surface area contributed by atoms with Gasteiger partial charge >= 0.3 is 0 Å². The van der Waals surface area contributed by atoms with E-state index in [1.807, 2.05) is 48.5 Å². The fourth-order valence-corrected chi connectivity index (χ4v) is 2.41. The predicted molar refractivity (Wildman–Crippen MR) is 82.9 cm³/mol. The first-order valence-corrected chi connectivity index (χ1v) is 6.83. The normalized spacial score (nSPS) is 10.5. The van der Waals surface area contributed by atoms with Crippen LogP contribution < -0.4 is 0 Å². The van der Waals surface area contributed by atoms with Gasteiger partial charge in [-0.25, -0.2) is 9.97 Å². The topological polar surface area (TPSA) is 25.8 Å². The second-order valence-electron chi connectivity index (χ2n) is 4.26. The third-order valence-corrected chi connectivity index (χ3v) is 3.61. The lowest BCUT2D eigenvalue weighted by Gasteiger charge is -2.05. The van der Waals surface area contributed by atoms with Crippen molar-refractivity contribution in [2.24, 2.45) is 0 Å². The quantitative estimate of drug-likeness (QED) is 0.656. The summed E-state index contributed by atoms with van der Waals surface area (Å²) in [6.07, 6.45) is 3.51. The van der Waals surface area contributed by atoms with E-state index in [4.69, 9.17) is 23.2 Å². The highest BCUT2D eigenvalue weighted by Gasteiger charge is 2.07. The average molecular weight is 301 g/mol. The molecule has 0 unspecified atom stereocenters. The Morgan fingerprint density at radius 2 is 1.15 bits per heavy atom. The molecule has 3 rings (SSSR count). The van der Waals surface area contributed by atoms with Crippen molar-refractivity contribution < 1.29 is 0 Å². The first kappa shape index (κ1) is 13.1. The molecule has 1 aromatic heterocycles. The van der Waals surface area contributed by atoms with E-state index >= 15 is 0 Å². The van der Waals surface area contributed by atoms with Crippen LogP contribution in [0.2, 0.25) is 10.0 Å². The second kappa shape index (κ2) is 5.61. The fourth-order valence-electron chi connectivity index (χ4n) is 1.94. The molecule has 0 aliphatic rings. The molecule has 0 saturated heterocycles. The third-order valence-electron chi connectivity index (χ3n) is 2.95. The van der Waals surface area contributed by atoms with Crippen molar-refractivity contribution in [3.05, 3.63) is 71.0 Å². The van der Waals surface area contributed by atoms with Gasteiger partial charge in [-0.15, -0.1) is 0 Å². The zero-order chi connectivity index (χ0) is 13.9. The summed E-state index contributed by atoms with van der Waals surface area (Å²) in [5, 5.41) is 1.32. The van der Waals surface area contributed by atoms with Crippen molar-refractivity contribution in [2.75, 3.05) is 0 Å². The van der Waals surface area contributed by atoms with E-state index in [2.05, 4.69) is 9.97 Å². The van der Waals surface area contributed by atoms with Crippen LogP contribution in [0.3, 0.4) is 0 Å². The summed E-state index contributed by atoms with van der Waals surface area (Å²) in [6.45, 7) is 0. The van der Waals surface area contributed by atoms with Crippen molar-refractivity contribution >= 4 is 23.2 Å². The first-order chi connectivity index (χ1) is 9.75. The average Bonchev–Trinajstić information content (AvgIpc) is 2.49. The Morgan fingerprint density at radius 3 is 1.70 bits per heavy atom. The maximum atomic E-state index is 6.16. The summed E-state index contributed by atoms with van der Waals surface area (Å²) in [5.74, 6) is 0.603. The molecule has 0 spiro atoms. The molecule has 0 bridgehead atoms. The van der Waals surface area contributed by atoms with Gasteiger partial charge in [-0.05, 0) is 18.2 Å². The summed E-state index contributed by atoms with van der Waals surface area (Å²) < 4.78 is 0. The summed E-state index contributed by atoms with van der Waals surface area (Å²) in [6, 6.07) is 15.1. The van der Waals surface area contributed by atoms with E-state index in [0.717, 1.165) is 16.7 Å². The lowest BCUT2D eigenvalue weighted by atomic mass is 10.1. The molecule has 0 atom stereocenters. The maximum absolute atomic E-state index is 6.16. The van der Waals surface area contributed by atoms with Gasteiger partial charge in [0.1, 0.15) is 0 Å². The number of nitrogens with zero attached hydrogens (tertiary/aromatic N) is 2. The van der Waals surface area contributed by atoms with Crippen LogP contribution in [-0.4, -0.2) is 9.97 Å². The zero-order valence-corrected chi connectivity index (χ0v) is 11.9. The molecule has 0 fully saturated rings. The highest BCUT2D eigenvalue weighted by atomic mass is 35.5. The third kappa shape index (κ3) is 2.53. The Kier molecular flexibility index (Phi) is 3.68. The van der Waals surface area contributed by atoms with Crippen LogP contribution in [0, 0.1) is 0 Å². The van der Waals surface area contributed by atoms with Gasteiger partial charge < -0.3 is 0 Å². The molecule has 4 heteroatoms. The number of rotatable bonds is 2. The van der Waals surface area contributed by atoms with Crippen molar-refractivity contribution in [1.29, 1.82) is 0 Å². The molecule has 0 saturated carbocycles. The Balaban J connectivity index is 2.01. The van der Waals surface area contributed by atoms with Crippen LogP contribution in [0.5, 0.6) is 0 Å². The van der Waals surface area contributed by atoms with Crippen molar-refractivity contribution in [2.45, 2.75) is 0 Å². The van der Waals surface area contributed by atoms with E-state index in [0.29, 0.717) is 15.9 Å². The Bertz CT molecular complexity index is 675. The van der Waals surface area contributed by atoms with Crippen molar-refractivity contribution in [1.82, 2.24) is 9.97 Å². The fraction of sp³-hybridized carbons (Fsp3) is 0. The van der Waals surface area contributed by atoms with E-state index in [1.165, 1.54) is 0 Å². The van der Waals surface area contributed by atoms with Crippen molar-refractivity contribution in [3.63, 3.8) is 0 Å². The molecule has 2 aromatic carbocycles. The van der Waals surface area contributed by atoms with Gasteiger partial charge in [0.2, 0.25) is 0 Å². The Labute approximate surface area is 127 Å². The zero-order valence-electron chi connectivity index (χ0n) is 10.4. The van der Waals surface area contributed by atoms with E-state index in [1.54, 1.807) is 12.4 Å². The molecule has 1 heterocycles. The Morgan fingerprint density at radius 1 is 0.650 bits per heavy atom. The van der Waals surface area contributed by atoms with E-state index in [9.17, 15) is 0 Å². The maximum Gasteiger partial charge on any atom is 0.160 e. The van der Waals surface area contributed by atoms with Gasteiger partial charge in [-0.3, -0.25) is 0 Å². The van der Waals surface area contributed by atoms with Gasteiger partial charge in [0.25, 0.3) is 0 Å². The van der Waals surface area contributed by atoms with Gasteiger partial charge in [0.15, 0.2) is 5.82 Å². The standard InChI is InChI=1S/C16H10Cl2N2/c17-14-7-3-1-5-12(14)11-9-19-16(20-10-11)13-6-2-4-8-15(13)18/h1-10H. The minimum atomic E-state index is 0.603. The largest absolute Gasteiger partial charge is 0.236 e. The Hall–Kier alpha value is -1.90. The van der Waals surface area contributed by atoms with Crippen LogP contribution in [0.4, 0.5) is 0 Å². The van der Waals surface area contributed by atoms with E-state index < -0.39 is 0 Å². The molecular weight excluding hydrogens is 291 g/mol. The lowest BCUT2D eigenvalue weighted by molar-refractivity contribution is 1.18. The summed E-state index contributed by atoms with van der Waals surface area (Å²) in [7, 11) is 0. The SMILES string of the molecule is Clc1ccccc1-c1cnc(-c2ccccc2Cl)nc1. The monoisotopic (exact) mass is 300 g/mol. The van der Waals surface area contributed by atoms with Gasteiger partial charge in [-0.2, -0.15) is 0 Å². The summed E-state index contributed by atoms with van der Waals surface area (Å²) in [5.41, 5.74) is 2.62. The second-order valence-corrected chi connectivity index (χ2v) is 5.07. The molecule has 2 nitrogen and oxygen atoms in total. The lowest BCUT2D eigenvalue weighted by Crippen LogP contribution is -1.90. The summed E-state index contributed by atoms with van der Waals surface area (Å²) in [4.78, 5) is 8.75. The smallest absolute Gasteiger partial charge is 0.160 e. The van der Waals surface area contributed by atoms with Gasteiger partial charge in [0.05, 0.1) is 5.02 Å². The van der Waals surface area contributed by atoms with Crippen LogP contribution in [-0.2, 0) is 0 Å². The van der Waals surface area contributed by atoms with Crippen molar-refractivity contribution in [3.8, 4) is 22.5 Å². The molecule has 3 aromatic rings. The van der Waals surface area contributed by atoms with Crippen LogP contribution in [0.25, 0.3) is 22.5 Å². The van der Waals surface area contributed by atoms with E-state index in [-0.39, 0.29) is 0 Å². The van der Waals surface area contributed by atoms with Crippen LogP contribution in [0.15, 0.2) is 60.9 Å². The number of benzene rings is 2. The summed E-state index contributed by atoms with van der Waals surface area (Å²) >= 11 is 12.3. The molecule has 0 amide bonds. The molecule has 0 aliphatic carbocycles. The first-order valence-electron chi connectivity index (χ1n) is 6.07. The highest BCUT2D eigenvalue weighted by molar-refractivity contribution is 6.33. The number of hydrogen-bond donors (Lipinski definition) is 0. The molecular formula is C16H10Cl2N2. The number of hydrogen-bond acceptors (Lipinski definition) is 2. The van der Waals surface area contributed by atoms with Crippen LogP contribution >= 0.6 is 23.2 Å². The molecule has 98 valence electrons. The number of halogens is 2. The minimum Gasteiger partial charge on any atom is -0.236 e. The molecule has 0 N–H and O–H groups in total. The highest BCUT2D eigenvalue weighted by Crippen LogP contribution is 2.28.